The first kappa shape index (κ1) is 25.3. The summed E-state index contributed by atoms with van der Waals surface area (Å²) in [6, 6.07) is 9.42. The van der Waals surface area contributed by atoms with Crippen LogP contribution in [0.15, 0.2) is 46.6 Å². The number of sulfonamides is 1. The standard InChI is InChI=1S/C16H13F3INO8S2/c1-10(20)15(22)29-14-7-3-4-11-12(14)5-2-6-13(11)27-8-9-28-31(25,26)21-30(23,24)16(17,18)19/h2-7,21H,1,8-9H2. The van der Waals surface area contributed by atoms with E-state index in [0.717, 1.165) is 0 Å². The number of benzene rings is 2. The molecule has 2 aromatic carbocycles. The normalized spacial score (nSPS) is 12.5. The molecular formula is C16H13F3INO8S2. The van der Waals surface area contributed by atoms with E-state index in [-0.39, 0.29) is 15.1 Å². The molecule has 2 rings (SSSR count). The Morgan fingerprint density at radius 1 is 1.00 bits per heavy atom. The molecule has 1 N–H and O–H groups in total. The topological polar surface area (TPSA) is 125 Å². The second-order valence-electron chi connectivity index (χ2n) is 5.56. The van der Waals surface area contributed by atoms with Crippen molar-refractivity contribution >= 4 is 59.7 Å². The maximum absolute atomic E-state index is 12.2. The van der Waals surface area contributed by atoms with Gasteiger partial charge in [-0.25, -0.2) is 13.2 Å². The molecule has 0 amide bonds. The molecule has 0 aliphatic rings. The van der Waals surface area contributed by atoms with Gasteiger partial charge in [0, 0.05) is 10.8 Å². The molecule has 2 aromatic rings. The van der Waals surface area contributed by atoms with E-state index < -0.39 is 45.0 Å². The summed E-state index contributed by atoms with van der Waals surface area (Å²) in [5.41, 5.74) is -5.83. The lowest BCUT2D eigenvalue weighted by molar-refractivity contribution is -0.129. The highest BCUT2D eigenvalue weighted by Crippen LogP contribution is 2.32. The Balaban J connectivity index is 2.07. The van der Waals surface area contributed by atoms with Crippen LogP contribution in [0.5, 0.6) is 11.5 Å². The van der Waals surface area contributed by atoms with Crippen LogP contribution in [-0.2, 0) is 29.3 Å². The number of fused-ring (bicyclic) bond motifs is 1. The van der Waals surface area contributed by atoms with Gasteiger partial charge in [0.15, 0.2) is 0 Å². The van der Waals surface area contributed by atoms with Crippen molar-refractivity contribution in [3.8, 4) is 11.5 Å². The van der Waals surface area contributed by atoms with Crippen molar-refractivity contribution in [2.45, 2.75) is 5.51 Å². The van der Waals surface area contributed by atoms with E-state index in [0.29, 0.717) is 14.9 Å². The van der Waals surface area contributed by atoms with E-state index in [1.165, 1.54) is 12.1 Å². The first-order valence-electron chi connectivity index (χ1n) is 7.94. The molecule has 0 fully saturated rings. The highest BCUT2D eigenvalue weighted by molar-refractivity contribution is 14.1. The summed E-state index contributed by atoms with van der Waals surface area (Å²) in [5, 5.41) is 0.963. The lowest BCUT2D eigenvalue weighted by atomic mass is 10.1. The molecule has 0 radical (unpaired) electrons. The third-order valence-corrected chi connectivity index (χ3v) is 6.58. The molecule has 0 unspecified atom stereocenters. The van der Waals surface area contributed by atoms with Crippen LogP contribution < -0.4 is 13.6 Å². The van der Waals surface area contributed by atoms with Crippen LogP contribution in [-0.4, -0.2) is 41.5 Å². The first-order chi connectivity index (χ1) is 14.2. The van der Waals surface area contributed by atoms with E-state index in [2.05, 4.69) is 10.8 Å². The minimum absolute atomic E-state index is 0.154. The maximum Gasteiger partial charge on any atom is 0.512 e. The van der Waals surface area contributed by atoms with Gasteiger partial charge in [0.25, 0.3) is 0 Å². The SMILES string of the molecule is C=C(I)C(=O)Oc1cccc2c(OCCOS(=O)(=O)NS(=O)(=O)C(F)(F)F)cccc12. The van der Waals surface area contributed by atoms with Crippen LogP contribution >= 0.6 is 22.6 Å². The number of carbonyl (C=O) groups is 1. The molecule has 0 aliphatic heterocycles. The Labute approximate surface area is 188 Å². The van der Waals surface area contributed by atoms with Crippen molar-refractivity contribution in [1.82, 2.24) is 4.13 Å². The van der Waals surface area contributed by atoms with E-state index in [1.807, 2.05) is 0 Å². The van der Waals surface area contributed by atoms with Crippen molar-refractivity contribution in [3.63, 3.8) is 0 Å². The molecule has 15 heteroatoms. The molecule has 0 saturated heterocycles. The van der Waals surface area contributed by atoms with E-state index in [1.54, 1.807) is 46.9 Å². The van der Waals surface area contributed by atoms with Crippen molar-refractivity contribution in [2.75, 3.05) is 13.2 Å². The van der Waals surface area contributed by atoms with Crippen LogP contribution in [0, 0.1) is 0 Å². The fraction of sp³-hybridized carbons (Fsp3) is 0.188. The number of esters is 1. The third-order valence-electron chi connectivity index (χ3n) is 3.36. The van der Waals surface area contributed by atoms with Gasteiger partial charge in [-0.05, 0) is 34.7 Å². The number of hydrogen-bond acceptors (Lipinski definition) is 8. The molecule has 9 nitrogen and oxygen atoms in total. The molecule has 0 bridgehead atoms. The Hall–Kier alpha value is -1.95. The van der Waals surface area contributed by atoms with Crippen LogP contribution in [0.1, 0.15) is 0 Å². The first-order valence-corrected chi connectivity index (χ1v) is 11.9. The molecule has 0 aliphatic carbocycles. The molecule has 0 aromatic heterocycles. The quantitative estimate of drug-likeness (QED) is 0.154. The highest BCUT2D eigenvalue weighted by atomic mass is 127. The van der Waals surface area contributed by atoms with Crippen LogP contribution in [0.3, 0.4) is 0 Å². The Morgan fingerprint density at radius 3 is 2.10 bits per heavy atom. The number of rotatable bonds is 9. The Bertz CT molecular complexity index is 1210. The lowest BCUT2D eigenvalue weighted by Gasteiger charge is -2.13. The number of carbonyl (C=O) groups excluding carboxylic acids is 1. The van der Waals surface area contributed by atoms with Gasteiger partial charge in [-0.2, -0.15) is 21.6 Å². The predicted octanol–water partition coefficient (Wildman–Crippen LogP) is 2.77. The summed E-state index contributed by atoms with van der Waals surface area (Å²) in [6.45, 7) is 2.23. The van der Waals surface area contributed by atoms with Gasteiger partial charge in [0.05, 0.1) is 3.58 Å². The molecule has 31 heavy (non-hydrogen) atoms. The van der Waals surface area contributed by atoms with Crippen LogP contribution in [0.4, 0.5) is 13.2 Å². The van der Waals surface area contributed by atoms with Gasteiger partial charge in [-0.15, -0.1) is 0 Å². The zero-order valence-corrected chi connectivity index (χ0v) is 19.0. The molecule has 0 spiro atoms. The van der Waals surface area contributed by atoms with E-state index in [4.69, 9.17) is 9.47 Å². The van der Waals surface area contributed by atoms with Crippen LogP contribution in [0.25, 0.3) is 10.8 Å². The van der Waals surface area contributed by atoms with Crippen molar-refractivity contribution < 1.29 is 48.5 Å². The fourth-order valence-electron chi connectivity index (χ4n) is 2.12. The zero-order valence-electron chi connectivity index (χ0n) is 15.2. The average molecular weight is 595 g/mol. The summed E-state index contributed by atoms with van der Waals surface area (Å²) in [7, 11) is -11.4. The van der Waals surface area contributed by atoms with Gasteiger partial charge in [0.1, 0.15) is 24.7 Å². The van der Waals surface area contributed by atoms with E-state index >= 15 is 0 Å². The molecule has 170 valence electrons. The number of ether oxygens (including phenoxy) is 2. The molecule has 0 heterocycles. The summed E-state index contributed by atoms with van der Waals surface area (Å²) in [5.74, 6) is -0.217. The van der Waals surface area contributed by atoms with Gasteiger partial charge >= 0.3 is 31.8 Å². The van der Waals surface area contributed by atoms with Gasteiger partial charge in [-0.1, -0.05) is 35.0 Å². The van der Waals surface area contributed by atoms with E-state index in [9.17, 15) is 34.8 Å². The third kappa shape index (κ3) is 6.76. The number of nitrogens with one attached hydrogen (secondary N) is 1. The smallest absolute Gasteiger partial charge is 0.490 e. The molecular weight excluding hydrogens is 582 g/mol. The number of alkyl halides is 3. The largest absolute Gasteiger partial charge is 0.512 e. The van der Waals surface area contributed by atoms with Gasteiger partial charge in [0.2, 0.25) is 0 Å². The van der Waals surface area contributed by atoms with Crippen molar-refractivity contribution in [2.24, 2.45) is 0 Å². The Kier molecular flexibility index (Phi) is 7.90. The average Bonchev–Trinajstić information content (AvgIpc) is 2.63. The zero-order chi connectivity index (χ0) is 23.4. The summed E-state index contributed by atoms with van der Waals surface area (Å²) < 4.78 is 96.6. The van der Waals surface area contributed by atoms with Crippen molar-refractivity contribution in [1.29, 1.82) is 0 Å². The van der Waals surface area contributed by atoms with Gasteiger partial charge in [-0.3, -0.25) is 4.18 Å². The molecule has 0 atom stereocenters. The number of hydrogen-bond donors (Lipinski definition) is 1. The highest BCUT2D eigenvalue weighted by Gasteiger charge is 2.48. The lowest BCUT2D eigenvalue weighted by Crippen LogP contribution is -2.41. The van der Waals surface area contributed by atoms with Gasteiger partial charge < -0.3 is 9.47 Å². The monoisotopic (exact) mass is 595 g/mol. The minimum atomic E-state index is -6.15. The minimum Gasteiger partial charge on any atom is -0.490 e. The molecule has 0 saturated carbocycles. The maximum atomic E-state index is 12.2. The summed E-state index contributed by atoms with van der Waals surface area (Å²) >= 11 is 1.70. The Morgan fingerprint density at radius 2 is 1.55 bits per heavy atom. The predicted molar refractivity (Wildman–Crippen MR) is 111 cm³/mol. The summed E-state index contributed by atoms with van der Waals surface area (Å²) in [4.78, 5) is 11.8. The fourth-order valence-corrected chi connectivity index (χ4v) is 4.17. The summed E-state index contributed by atoms with van der Waals surface area (Å²) in [6.07, 6.45) is 0. The number of halogens is 4. The van der Waals surface area contributed by atoms with Crippen LogP contribution in [0.2, 0.25) is 0 Å². The second-order valence-corrected chi connectivity index (χ2v) is 10.1. The second kappa shape index (κ2) is 9.68. The van der Waals surface area contributed by atoms with Crippen molar-refractivity contribution in [3.05, 3.63) is 46.6 Å².